The van der Waals surface area contributed by atoms with E-state index in [4.69, 9.17) is 26.8 Å². The van der Waals surface area contributed by atoms with E-state index >= 15 is 0 Å². The molecule has 0 saturated carbocycles. The summed E-state index contributed by atoms with van der Waals surface area (Å²) in [6.45, 7) is 1.81. The van der Waals surface area contributed by atoms with E-state index in [1.165, 1.54) is 0 Å². The Labute approximate surface area is 107 Å². The molecule has 2 N–H and O–H groups in total. The molecular formula is C13H18ClNO2. The summed E-state index contributed by atoms with van der Waals surface area (Å²) in [6, 6.07) is 7.71. The van der Waals surface area contributed by atoms with Crippen LogP contribution in [0.2, 0.25) is 5.02 Å². The summed E-state index contributed by atoms with van der Waals surface area (Å²) in [5.41, 5.74) is 6.64. The summed E-state index contributed by atoms with van der Waals surface area (Å²) >= 11 is 5.89. The van der Waals surface area contributed by atoms with Gasteiger partial charge in [0.2, 0.25) is 0 Å². The SMILES string of the molecule is NCC1CCC(COCc2cccc(Cl)c2)O1. The first kappa shape index (κ1) is 12.8. The number of rotatable bonds is 5. The number of halogens is 1. The molecule has 0 spiro atoms. The zero-order valence-electron chi connectivity index (χ0n) is 9.77. The summed E-state index contributed by atoms with van der Waals surface area (Å²) in [4.78, 5) is 0. The molecule has 1 fully saturated rings. The first-order chi connectivity index (χ1) is 8.28. The summed E-state index contributed by atoms with van der Waals surface area (Å²) in [6.07, 6.45) is 2.50. The molecule has 0 aromatic heterocycles. The van der Waals surface area contributed by atoms with Crippen molar-refractivity contribution in [2.45, 2.75) is 31.7 Å². The van der Waals surface area contributed by atoms with Gasteiger partial charge < -0.3 is 15.2 Å². The average molecular weight is 256 g/mol. The third-order valence-corrected chi connectivity index (χ3v) is 3.16. The van der Waals surface area contributed by atoms with Crippen molar-refractivity contribution in [3.05, 3.63) is 34.9 Å². The Hall–Kier alpha value is -0.610. The molecule has 1 aromatic rings. The van der Waals surface area contributed by atoms with Gasteiger partial charge in [-0.25, -0.2) is 0 Å². The highest BCUT2D eigenvalue weighted by molar-refractivity contribution is 6.30. The largest absolute Gasteiger partial charge is 0.374 e. The van der Waals surface area contributed by atoms with Gasteiger partial charge in [0.25, 0.3) is 0 Å². The Morgan fingerprint density at radius 1 is 1.35 bits per heavy atom. The maximum absolute atomic E-state index is 5.89. The fraction of sp³-hybridized carbons (Fsp3) is 0.538. The molecule has 17 heavy (non-hydrogen) atoms. The molecule has 0 aliphatic carbocycles. The molecule has 1 saturated heterocycles. The van der Waals surface area contributed by atoms with Crippen LogP contribution >= 0.6 is 11.6 Å². The Bertz CT molecular complexity index is 359. The number of hydrogen-bond donors (Lipinski definition) is 1. The summed E-state index contributed by atoms with van der Waals surface area (Å²) in [7, 11) is 0. The molecule has 2 unspecified atom stereocenters. The van der Waals surface area contributed by atoms with Gasteiger partial charge in [0.15, 0.2) is 0 Å². The van der Waals surface area contributed by atoms with E-state index in [0.717, 1.165) is 23.4 Å². The fourth-order valence-electron chi connectivity index (χ4n) is 2.01. The summed E-state index contributed by atoms with van der Waals surface area (Å²) in [5, 5.41) is 0.742. The maximum Gasteiger partial charge on any atom is 0.0814 e. The molecule has 1 aromatic carbocycles. The highest BCUT2D eigenvalue weighted by atomic mass is 35.5. The second-order valence-electron chi connectivity index (χ2n) is 4.34. The molecule has 2 atom stereocenters. The van der Waals surface area contributed by atoms with Crippen LogP contribution in [0.4, 0.5) is 0 Å². The van der Waals surface area contributed by atoms with Gasteiger partial charge in [-0.15, -0.1) is 0 Å². The monoisotopic (exact) mass is 255 g/mol. The van der Waals surface area contributed by atoms with E-state index in [2.05, 4.69) is 0 Å². The van der Waals surface area contributed by atoms with Gasteiger partial charge in [-0.2, -0.15) is 0 Å². The van der Waals surface area contributed by atoms with Gasteiger partial charge in [-0.05, 0) is 30.5 Å². The highest BCUT2D eigenvalue weighted by Gasteiger charge is 2.23. The highest BCUT2D eigenvalue weighted by Crippen LogP contribution is 2.19. The van der Waals surface area contributed by atoms with Gasteiger partial charge in [0.1, 0.15) is 0 Å². The van der Waals surface area contributed by atoms with Crippen molar-refractivity contribution >= 4 is 11.6 Å². The van der Waals surface area contributed by atoms with Crippen LogP contribution in [0.3, 0.4) is 0 Å². The van der Waals surface area contributed by atoms with Crippen LogP contribution < -0.4 is 5.73 Å². The van der Waals surface area contributed by atoms with E-state index in [1.807, 2.05) is 24.3 Å². The van der Waals surface area contributed by atoms with E-state index < -0.39 is 0 Å². The molecule has 94 valence electrons. The minimum absolute atomic E-state index is 0.197. The summed E-state index contributed by atoms with van der Waals surface area (Å²) < 4.78 is 11.3. The van der Waals surface area contributed by atoms with Crippen molar-refractivity contribution in [1.29, 1.82) is 0 Å². The van der Waals surface area contributed by atoms with Crippen LogP contribution in [-0.4, -0.2) is 25.4 Å². The van der Waals surface area contributed by atoms with Crippen molar-refractivity contribution in [1.82, 2.24) is 0 Å². The number of nitrogens with two attached hydrogens (primary N) is 1. The standard InChI is InChI=1S/C13H18ClNO2/c14-11-3-1-2-10(6-11)8-16-9-13-5-4-12(7-15)17-13/h1-3,6,12-13H,4-5,7-9,15H2. The third-order valence-electron chi connectivity index (χ3n) is 2.92. The average Bonchev–Trinajstić information content (AvgIpc) is 2.77. The van der Waals surface area contributed by atoms with E-state index in [9.17, 15) is 0 Å². The van der Waals surface area contributed by atoms with E-state index in [1.54, 1.807) is 0 Å². The second-order valence-corrected chi connectivity index (χ2v) is 4.77. The quantitative estimate of drug-likeness (QED) is 0.879. The molecule has 2 rings (SSSR count). The predicted molar refractivity (Wildman–Crippen MR) is 68.1 cm³/mol. The van der Waals surface area contributed by atoms with Crippen molar-refractivity contribution < 1.29 is 9.47 Å². The second kappa shape index (κ2) is 6.36. The molecule has 0 bridgehead atoms. The molecule has 1 heterocycles. The van der Waals surface area contributed by atoms with Gasteiger partial charge in [0, 0.05) is 11.6 Å². The van der Waals surface area contributed by atoms with Crippen LogP contribution in [0.25, 0.3) is 0 Å². The number of ether oxygens (including phenoxy) is 2. The number of hydrogen-bond acceptors (Lipinski definition) is 3. The zero-order chi connectivity index (χ0) is 12.1. The third kappa shape index (κ3) is 3.96. The lowest BCUT2D eigenvalue weighted by Gasteiger charge is -2.12. The van der Waals surface area contributed by atoms with Crippen LogP contribution in [-0.2, 0) is 16.1 Å². The minimum Gasteiger partial charge on any atom is -0.374 e. The zero-order valence-corrected chi connectivity index (χ0v) is 10.5. The van der Waals surface area contributed by atoms with Crippen molar-refractivity contribution in [3.63, 3.8) is 0 Å². The molecule has 4 heteroatoms. The van der Waals surface area contributed by atoms with E-state index in [-0.39, 0.29) is 12.2 Å². The van der Waals surface area contributed by atoms with Gasteiger partial charge >= 0.3 is 0 Å². The number of benzene rings is 1. The van der Waals surface area contributed by atoms with Crippen molar-refractivity contribution in [3.8, 4) is 0 Å². The first-order valence-corrected chi connectivity index (χ1v) is 6.33. The Morgan fingerprint density at radius 2 is 2.18 bits per heavy atom. The van der Waals surface area contributed by atoms with E-state index in [0.29, 0.717) is 19.8 Å². The molecular weight excluding hydrogens is 238 g/mol. The lowest BCUT2D eigenvalue weighted by Crippen LogP contribution is -2.22. The smallest absolute Gasteiger partial charge is 0.0814 e. The minimum atomic E-state index is 0.197. The van der Waals surface area contributed by atoms with Crippen LogP contribution in [0.1, 0.15) is 18.4 Å². The molecule has 0 amide bonds. The Kier molecular flexibility index (Phi) is 4.80. The molecule has 0 radical (unpaired) electrons. The topological polar surface area (TPSA) is 44.5 Å². The lowest BCUT2D eigenvalue weighted by atomic mass is 10.2. The van der Waals surface area contributed by atoms with Crippen molar-refractivity contribution in [2.24, 2.45) is 5.73 Å². The first-order valence-electron chi connectivity index (χ1n) is 5.95. The Balaban J connectivity index is 1.70. The molecule has 3 nitrogen and oxygen atoms in total. The van der Waals surface area contributed by atoms with Crippen LogP contribution in [0.5, 0.6) is 0 Å². The predicted octanol–water partition coefficient (Wildman–Crippen LogP) is 2.36. The van der Waals surface area contributed by atoms with Crippen LogP contribution in [0, 0.1) is 0 Å². The fourth-order valence-corrected chi connectivity index (χ4v) is 2.22. The van der Waals surface area contributed by atoms with Crippen LogP contribution in [0.15, 0.2) is 24.3 Å². The van der Waals surface area contributed by atoms with Gasteiger partial charge in [-0.3, -0.25) is 0 Å². The molecule has 1 aliphatic heterocycles. The Morgan fingerprint density at radius 3 is 2.88 bits per heavy atom. The van der Waals surface area contributed by atoms with Gasteiger partial charge in [-0.1, -0.05) is 23.7 Å². The summed E-state index contributed by atoms with van der Waals surface area (Å²) in [5.74, 6) is 0. The normalized spacial score (nSPS) is 24.1. The maximum atomic E-state index is 5.89. The van der Waals surface area contributed by atoms with Gasteiger partial charge in [0.05, 0.1) is 25.4 Å². The lowest BCUT2D eigenvalue weighted by molar-refractivity contribution is -0.0168. The van der Waals surface area contributed by atoms with Crippen molar-refractivity contribution in [2.75, 3.05) is 13.2 Å². The molecule has 1 aliphatic rings.